The van der Waals surface area contributed by atoms with E-state index in [-0.39, 0.29) is 22.3 Å². The first-order valence-corrected chi connectivity index (χ1v) is 10.4. The number of hydrogen-bond acceptors (Lipinski definition) is 1. The van der Waals surface area contributed by atoms with Crippen LogP contribution < -0.4 is 4.74 Å². The van der Waals surface area contributed by atoms with Crippen LogP contribution in [0.15, 0.2) is 78.9 Å². The van der Waals surface area contributed by atoms with E-state index >= 15 is 0 Å². The summed E-state index contributed by atoms with van der Waals surface area (Å²) in [4.78, 5) is 0.157. The first kappa shape index (κ1) is 18.3. The molecule has 0 aliphatic carbocycles. The van der Waals surface area contributed by atoms with E-state index in [1.807, 2.05) is 6.07 Å². The molecule has 0 saturated carbocycles. The molecule has 3 unspecified atom stereocenters. The van der Waals surface area contributed by atoms with Crippen LogP contribution in [0.4, 0.5) is 0 Å². The smallest absolute Gasteiger partial charge is 0.137 e. The second-order valence-electron chi connectivity index (χ2n) is 8.28. The Morgan fingerprint density at radius 1 is 0.778 bits per heavy atom. The van der Waals surface area contributed by atoms with E-state index in [0.29, 0.717) is 0 Å². The first-order chi connectivity index (χ1) is 12.9. The number of rotatable bonds is 2. The van der Waals surface area contributed by atoms with Crippen LogP contribution in [0.5, 0.6) is 5.75 Å². The molecule has 1 aliphatic heterocycles. The van der Waals surface area contributed by atoms with Gasteiger partial charge in [0.25, 0.3) is 0 Å². The molecule has 27 heavy (non-hydrogen) atoms. The summed E-state index contributed by atoms with van der Waals surface area (Å²) < 4.78 is 6.50. The standard InChI is InChI=1S/C25H25BrO/c1-25(2,3)19-14-15-21-20(16-19)22(17-10-6-4-7-11-17)23(26)24(27-21)18-12-8-5-9-13-18/h4-16,22-24H,1-3H3. The molecule has 2 heteroatoms. The minimum Gasteiger partial charge on any atom is -0.484 e. The molecule has 3 aromatic carbocycles. The van der Waals surface area contributed by atoms with Crippen molar-refractivity contribution in [2.24, 2.45) is 0 Å². The summed E-state index contributed by atoms with van der Waals surface area (Å²) in [5, 5.41) is 0. The molecule has 0 saturated heterocycles. The normalized spacial score (nSPS) is 22.0. The summed E-state index contributed by atoms with van der Waals surface area (Å²) in [5.74, 6) is 1.23. The van der Waals surface area contributed by atoms with Crippen LogP contribution in [0, 0.1) is 0 Å². The second-order valence-corrected chi connectivity index (χ2v) is 9.34. The average Bonchev–Trinajstić information content (AvgIpc) is 2.68. The zero-order chi connectivity index (χ0) is 19.0. The van der Waals surface area contributed by atoms with Gasteiger partial charge in [0.2, 0.25) is 0 Å². The predicted octanol–water partition coefficient (Wildman–Crippen LogP) is 7.01. The van der Waals surface area contributed by atoms with Gasteiger partial charge < -0.3 is 4.74 Å². The maximum absolute atomic E-state index is 6.50. The Morgan fingerprint density at radius 3 is 1.96 bits per heavy atom. The van der Waals surface area contributed by atoms with Gasteiger partial charge in [-0.25, -0.2) is 0 Å². The van der Waals surface area contributed by atoms with Crippen LogP contribution in [0.1, 0.15) is 55.0 Å². The second kappa shape index (κ2) is 7.16. The fourth-order valence-electron chi connectivity index (χ4n) is 3.83. The van der Waals surface area contributed by atoms with Crippen molar-refractivity contribution in [1.82, 2.24) is 0 Å². The van der Waals surface area contributed by atoms with E-state index in [2.05, 4.69) is 109 Å². The minimum atomic E-state index is -0.0237. The topological polar surface area (TPSA) is 9.23 Å². The quantitative estimate of drug-likeness (QED) is 0.404. The van der Waals surface area contributed by atoms with E-state index in [4.69, 9.17) is 4.74 Å². The molecule has 0 bridgehead atoms. The Hall–Kier alpha value is -2.06. The molecule has 1 nitrogen and oxygen atoms in total. The molecular weight excluding hydrogens is 396 g/mol. The van der Waals surface area contributed by atoms with Crippen LogP contribution in [0.3, 0.4) is 0 Å². The largest absolute Gasteiger partial charge is 0.484 e. The van der Waals surface area contributed by atoms with Gasteiger partial charge >= 0.3 is 0 Å². The van der Waals surface area contributed by atoms with Crippen LogP contribution in [0.2, 0.25) is 0 Å². The highest BCUT2D eigenvalue weighted by atomic mass is 79.9. The highest BCUT2D eigenvalue weighted by Gasteiger charge is 2.39. The summed E-state index contributed by atoms with van der Waals surface area (Å²) in [7, 11) is 0. The monoisotopic (exact) mass is 420 g/mol. The Labute approximate surface area is 170 Å². The Morgan fingerprint density at radius 2 is 1.37 bits per heavy atom. The van der Waals surface area contributed by atoms with E-state index in [1.165, 1.54) is 22.3 Å². The summed E-state index contributed by atoms with van der Waals surface area (Å²) in [5.41, 5.74) is 5.22. The van der Waals surface area contributed by atoms with Gasteiger partial charge in [-0.3, -0.25) is 0 Å². The number of benzene rings is 3. The molecular formula is C25H25BrO. The third-order valence-corrected chi connectivity index (χ3v) is 6.37. The third-order valence-electron chi connectivity index (χ3n) is 5.36. The number of hydrogen-bond donors (Lipinski definition) is 0. The average molecular weight is 421 g/mol. The van der Waals surface area contributed by atoms with E-state index in [9.17, 15) is 0 Å². The summed E-state index contributed by atoms with van der Waals surface area (Å²) in [6, 6.07) is 28.0. The maximum atomic E-state index is 6.50. The van der Waals surface area contributed by atoms with Crippen molar-refractivity contribution in [2.45, 2.75) is 43.0 Å². The van der Waals surface area contributed by atoms with Gasteiger partial charge in [0.1, 0.15) is 11.9 Å². The lowest BCUT2D eigenvalue weighted by Crippen LogP contribution is -2.31. The first-order valence-electron chi connectivity index (χ1n) is 9.50. The van der Waals surface area contributed by atoms with Gasteiger partial charge in [-0.15, -0.1) is 0 Å². The van der Waals surface area contributed by atoms with Gasteiger partial charge in [-0.2, -0.15) is 0 Å². The molecule has 0 fully saturated rings. The molecule has 1 heterocycles. The lowest BCUT2D eigenvalue weighted by Gasteiger charge is -2.38. The van der Waals surface area contributed by atoms with Crippen molar-refractivity contribution >= 4 is 15.9 Å². The molecule has 138 valence electrons. The molecule has 3 aromatic rings. The number of alkyl halides is 1. The zero-order valence-corrected chi connectivity index (χ0v) is 17.6. The van der Waals surface area contributed by atoms with Gasteiger partial charge in [0.15, 0.2) is 0 Å². The molecule has 1 aliphatic rings. The van der Waals surface area contributed by atoms with Crippen molar-refractivity contribution in [1.29, 1.82) is 0 Å². The number of halogens is 1. The fourth-order valence-corrected chi connectivity index (χ4v) is 4.83. The fraction of sp³-hybridized carbons (Fsp3) is 0.280. The number of fused-ring (bicyclic) bond motifs is 1. The van der Waals surface area contributed by atoms with Gasteiger partial charge in [0.05, 0.1) is 4.83 Å². The lowest BCUT2D eigenvalue weighted by molar-refractivity contribution is 0.177. The van der Waals surface area contributed by atoms with E-state index in [0.717, 1.165) is 5.75 Å². The molecule has 0 radical (unpaired) electrons. The van der Waals surface area contributed by atoms with Crippen molar-refractivity contribution in [3.8, 4) is 5.75 Å². The molecule has 3 atom stereocenters. The van der Waals surface area contributed by atoms with Gasteiger partial charge in [0, 0.05) is 11.5 Å². The van der Waals surface area contributed by atoms with Gasteiger partial charge in [-0.05, 0) is 28.2 Å². The SMILES string of the molecule is CC(C)(C)c1ccc2c(c1)C(c1ccccc1)C(Br)C(c1ccccc1)O2. The van der Waals surface area contributed by atoms with Crippen LogP contribution in [-0.4, -0.2) is 4.83 Å². The predicted molar refractivity (Wildman–Crippen MR) is 116 cm³/mol. The maximum Gasteiger partial charge on any atom is 0.137 e. The number of ether oxygens (including phenoxy) is 1. The molecule has 0 N–H and O–H groups in total. The lowest BCUT2D eigenvalue weighted by atomic mass is 9.79. The summed E-state index contributed by atoms with van der Waals surface area (Å²) in [6.07, 6.45) is -0.0237. The van der Waals surface area contributed by atoms with E-state index in [1.54, 1.807) is 0 Å². The minimum absolute atomic E-state index is 0.0237. The van der Waals surface area contributed by atoms with Gasteiger partial charge in [-0.1, -0.05) is 109 Å². The third kappa shape index (κ3) is 3.55. The van der Waals surface area contributed by atoms with E-state index < -0.39 is 0 Å². The van der Waals surface area contributed by atoms with Crippen molar-refractivity contribution in [3.05, 3.63) is 101 Å². The van der Waals surface area contributed by atoms with Crippen LogP contribution in [-0.2, 0) is 5.41 Å². The van der Waals surface area contributed by atoms with Crippen molar-refractivity contribution < 1.29 is 4.74 Å². The molecule has 0 aromatic heterocycles. The van der Waals surface area contributed by atoms with Crippen LogP contribution >= 0.6 is 15.9 Å². The summed E-state index contributed by atoms with van der Waals surface area (Å²) >= 11 is 4.01. The Balaban J connectivity index is 1.86. The Bertz CT molecular complexity index is 912. The van der Waals surface area contributed by atoms with Crippen LogP contribution in [0.25, 0.3) is 0 Å². The highest BCUT2D eigenvalue weighted by Crippen LogP contribution is 2.49. The molecule has 0 amide bonds. The summed E-state index contributed by atoms with van der Waals surface area (Å²) in [6.45, 7) is 6.77. The molecule has 0 spiro atoms. The zero-order valence-electron chi connectivity index (χ0n) is 16.0. The molecule has 4 rings (SSSR count). The highest BCUT2D eigenvalue weighted by molar-refractivity contribution is 9.09. The van der Waals surface area contributed by atoms with Crippen molar-refractivity contribution in [2.75, 3.05) is 0 Å². The van der Waals surface area contributed by atoms with Crippen molar-refractivity contribution in [3.63, 3.8) is 0 Å². The Kier molecular flexibility index (Phi) is 4.86.